The molecule has 2 aliphatic rings. The molecule has 0 atom stereocenters. The van der Waals surface area contributed by atoms with Crippen LogP contribution in [0.3, 0.4) is 0 Å². The lowest BCUT2D eigenvalue weighted by molar-refractivity contribution is 0.0714. The van der Waals surface area contributed by atoms with Crippen molar-refractivity contribution in [1.29, 1.82) is 0 Å². The summed E-state index contributed by atoms with van der Waals surface area (Å²) in [4.78, 5) is 19.8. The average Bonchev–Trinajstić information content (AvgIpc) is 3.29. The highest BCUT2D eigenvalue weighted by Gasteiger charge is 2.29. The number of nitrogens with zero attached hydrogens (tertiary/aromatic N) is 5. The van der Waals surface area contributed by atoms with Crippen molar-refractivity contribution in [1.82, 2.24) is 30.0 Å². The second kappa shape index (κ2) is 6.84. The van der Waals surface area contributed by atoms with Crippen LogP contribution in [0.1, 0.15) is 64.9 Å². The van der Waals surface area contributed by atoms with Gasteiger partial charge in [0.05, 0.1) is 17.7 Å². The van der Waals surface area contributed by atoms with Crippen molar-refractivity contribution in [2.75, 3.05) is 19.6 Å². The standard InChI is InChI=1S/C17H24N6OS/c1-11(2)16-19-9-13(25-16)17(24)22-6-3-12(4-7-22)15-21-20-14-10-18-5-8-23(14)15/h9,11-12,18H,3-8,10H2,1-2H3. The summed E-state index contributed by atoms with van der Waals surface area (Å²) in [6.07, 6.45) is 3.64. The van der Waals surface area contributed by atoms with Crippen LogP contribution in [0.25, 0.3) is 0 Å². The Labute approximate surface area is 151 Å². The van der Waals surface area contributed by atoms with Gasteiger partial charge in [0, 0.05) is 38.0 Å². The van der Waals surface area contributed by atoms with Crippen LogP contribution in [0, 0.1) is 0 Å². The third-order valence-electron chi connectivity index (χ3n) is 5.03. The fourth-order valence-corrected chi connectivity index (χ4v) is 4.45. The number of hydrogen-bond acceptors (Lipinski definition) is 6. The Bertz CT molecular complexity index is 759. The number of nitrogens with one attached hydrogen (secondary N) is 1. The smallest absolute Gasteiger partial charge is 0.265 e. The van der Waals surface area contributed by atoms with E-state index in [1.54, 1.807) is 6.20 Å². The van der Waals surface area contributed by atoms with Gasteiger partial charge in [-0.3, -0.25) is 4.79 Å². The fourth-order valence-electron chi connectivity index (χ4n) is 3.57. The zero-order valence-electron chi connectivity index (χ0n) is 14.7. The Balaban J connectivity index is 1.41. The third-order valence-corrected chi connectivity index (χ3v) is 6.31. The Morgan fingerprint density at radius 1 is 1.28 bits per heavy atom. The molecule has 0 saturated carbocycles. The van der Waals surface area contributed by atoms with E-state index >= 15 is 0 Å². The van der Waals surface area contributed by atoms with Crippen LogP contribution in [0.5, 0.6) is 0 Å². The van der Waals surface area contributed by atoms with Crippen LogP contribution in [0.2, 0.25) is 0 Å². The number of carbonyl (C=O) groups is 1. The maximum absolute atomic E-state index is 12.7. The Hall–Kier alpha value is -1.80. The molecule has 0 radical (unpaired) electrons. The zero-order chi connectivity index (χ0) is 17.4. The van der Waals surface area contributed by atoms with E-state index < -0.39 is 0 Å². The van der Waals surface area contributed by atoms with Gasteiger partial charge in [-0.05, 0) is 12.8 Å². The molecule has 0 unspecified atom stereocenters. The summed E-state index contributed by atoms with van der Waals surface area (Å²) in [5, 5.41) is 13.1. The van der Waals surface area contributed by atoms with E-state index in [2.05, 4.69) is 38.9 Å². The maximum atomic E-state index is 12.7. The molecule has 8 heteroatoms. The molecule has 1 N–H and O–H groups in total. The van der Waals surface area contributed by atoms with Crippen molar-refractivity contribution in [2.24, 2.45) is 0 Å². The lowest BCUT2D eigenvalue weighted by Gasteiger charge is -2.31. The fraction of sp³-hybridized carbons (Fsp3) is 0.647. The lowest BCUT2D eigenvalue weighted by Crippen LogP contribution is -2.38. The summed E-state index contributed by atoms with van der Waals surface area (Å²) in [7, 11) is 0. The minimum Gasteiger partial charge on any atom is -0.338 e. The molecule has 1 amide bonds. The van der Waals surface area contributed by atoms with Crippen LogP contribution in [0.4, 0.5) is 0 Å². The summed E-state index contributed by atoms with van der Waals surface area (Å²) in [5.41, 5.74) is 0. The Kier molecular flexibility index (Phi) is 4.56. The van der Waals surface area contributed by atoms with Crippen molar-refractivity contribution in [3.63, 3.8) is 0 Å². The van der Waals surface area contributed by atoms with E-state index in [-0.39, 0.29) is 5.91 Å². The van der Waals surface area contributed by atoms with E-state index in [0.29, 0.717) is 11.8 Å². The van der Waals surface area contributed by atoms with Crippen LogP contribution in [0.15, 0.2) is 6.20 Å². The van der Waals surface area contributed by atoms with Gasteiger partial charge in [-0.1, -0.05) is 13.8 Å². The normalized spacial score (nSPS) is 18.6. The minimum absolute atomic E-state index is 0.121. The highest BCUT2D eigenvalue weighted by atomic mass is 32.1. The minimum atomic E-state index is 0.121. The highest BCUT2D eigenvalue weighted by molar-refractivity contribution is 7.13. The number of thiazole rings is 1. The van der Waals surface area contributed by atoms with Gasteiger partial charge in [-0.25, -0.2) is 4.98 Å². The number of carbonyl (C=O) groups excluding carboxylic acids is 1. The average molecular weight is 360 g/mol. The largest absolute Gasteiger partial charge is 0.338 e. The lowest BCUT2D eigenvalue weighted by atomic mass is 9.95. The molecule has 1 saturated heterocycles. The van der Waals surface area contributed by atoms with Gasteiger partial charge < -0.3 is 14.8 Å². The van der Waals surface area contributed by atoms with E-state index in [9.17, 15) is 4.79 Å². The topological polar surface area (TPSA) is 75.9 Å². The molecule has 4 rings (SSSR count). The van der Waals surface area contributed by atoms with Gasteiger partial charge in [0.25, 0.3) is 5.91 Å². The predicted molar refractivity (Wildman–Crippen MR) is 95.8 cm³/mol. The van der Waals surface area contributed by atoms with Gasteiger partial charge in [-0.15, -0.1) is 21.5 Å². The molecule has 2 aromatic rings. The van der Waals surface area contributed by atoms with Gasteiger partial charge in [0.2, 0.25) is 0 Å². The van der Waals surface area contributed by atoms with Crippen molar-refractivity contribution in [3.05, 3.63) is 27.7 Å². The van der Waals surface area contributed by atoms with Crippen LogP contribution in [-0.4, -0.2) is 50.2 Å². The van der Waals surface area contributed by atoms with Crippen molar-refractivity contribution in [2.45, 2.75) is 51.6 Å². The second-order valence-corrected chi connectivity index (χ2v) is 8.15. The molecule has 7 nitrogen and oxygen atoms in total. The molecule has 4 heterocycles. The monoisotopic (exact) mass is 360 g/mol. The van der Waals surface area contributed by atoms with E-state index in [1.807, 2.05) is 4.90 Å². The summed E-state index contributed by atoms with van der Waals surface area (Å²) in [6, 6.07) is 0. The molecule has 2 aromatic heterocycles. The van der Waals surface area contributed by atoms with Crippen LogP contribution in [-0.2, 0) is 13.1 Å². The van der Waals surface area contributed by atoms with Gasteiger partial charge in [0.1, 0.15) is 16.5 Å². The maximum Gasteiger partial charge on any atom is 0.265 e. The molecule has 0 bridgehead atoms. The zero-order valence-corrected chi connectivity index (χ0v) is 15.6. The third kappa shape index (κ3) is 3.20. The van der Waals surface area contributed by atoms with Crippen molar-refractivity contribution in [3.8, 4) is 0 Å². The number of fused-ring (bicyclic) bond motifs is 1. The first-order valence-corrected chi connectivity index (χ1v) is 9.83. The molecule has 1 fully saturated rings. The quantitative estimate of drug-likeness (QED) is 0.906. The van der Waals surface area contributed by atoms with Gasteiger partial charge >= 0.3 is 0 Å². The van der Waals surface area contributed by atoms with Crippen LogP contribution < -0.4 is 5.32 Å². The molecule has 25 heavy (non-hydrogen) atoms. The number of piperidine rings is 1. The first-order valence-electron chi connectivity index (χ1n) is 9.01. The molecule has 2 aliphatic heterocycles. The Morgan fingerprint density at radius 3 is 2.80 bits per heavy atom. The molecule has 0 spiro atoms. The van der Waals surface area contributed by atoms with E-state index in [4.69, 9.17) is 0 Å². The molecular weight excluding hydrogens is 336 g/mol. The molecule has 0 aliphatic carbocycles. The number of amides is 1. The summed E-state index contributed by atoms with van der Waals surface area (Å²) >= 11 is 1.52. The van der Waals surface area contributed by atoms with Gasteiger partial charge in [0.15, 0.2) is 0 Å². The Morgan fingerprint density at radius 2 is 2.08 bits per heavy atom. The second-order valence-electron chi connectivity index (χ2n) is 7.09. The summed E-state index contributed by atoms with van der Waals surface area (Å²) in [6.45, 7) is 8.47. The number of hydrogen-bond donors (Lipinski definition) is 1. The molecular formula is C17H24N6OS. The molecule has 134 valence electrons. The highest BCUT2D eigenvalue weighted by Crippen LogP contribution is 2.29. The van der Waals surface area contributed by atoms with Crippen molar-refractivity contribution < 1.29 is 4.79 Å². The number of aromatic nitrogens is 4. The van der Waals surface area contributed by atoms with Crippen molar-refractivity contribution >= 4 is 17.2 Å². The summed E-state index contributed by atoms with van der Waals surface area (Å²) in [5.74, 6) is 3.02. The summed E-state index contributed by atoms with van der Waals surface area (Å²) < 4.78 is 2.26. The first kappa shape index (κ1) is 16.7. The van der Waals surface area contributed by atoms with E-state index in [0.717, 1.165) is 67.1 Å². The SMILES string of the molecule is CC(C)c1ncc(C(=O)N2CCC(c3nnc4n3CCNC4)CC2)s1. The van der Waals surface area contributed by atoms with E-state index in [1.165, 1.54) is 11.3 Å². The van der Waals surface area contributed by atoms with Gasteiger partial charge in [-0.2, -0.15) is 0 Å². The first-order chi connectivity index (χ1) is 12.1. The number of rotatable bonds is 3. The van der Waals surface area contributed by atoms with Crippen LogP contribution >= 0.6 is 11.3 Å². The predicted octanol–water partition coefficient (Wildman–Crippen LogP) is 1.98. The number of likely N-dealkylation sites (tertiary alicyclic amines) is 1. The molecule has 0 aromatic carbocycles.